The van der Waals surface area contributed by atoms with Gasteiger partial charge >= 0.3 is 5.97 Å². The maximum absolute atomic E-state index is 13.6. The Morgan fingerprint density at radius 3 is 2.31 bits per heavy atom. The van der Waals surface area contributed by atoms with Gasteiger partial charge in [-0.15, -0.1) is 0 Å². The zero-order valence-corrected chi connectivity index (χ0v) is 21.8. The first kappa shape index (κ1) is 28.1. The molecule has 0 spiro atoms. The number of amides is 2. The molecule has 0 aromatic heterocycles. The summed E-state index contributed by atoms with van der Waals surface area (Å²) >= 11 is 0. The fourth-order valence-corrected chi connectivity index (χ4v) is 4.20. The van der Waals surface area contributed by atoms with Gasteiger partial charge in [-0.05, 0) is 58.4 Å². The van der Waals surface area contributed by atoms with E-state index in [4.69, 9.17) is 4.74 Å². The Labute approximate surface area is 194 Å². The first-order chi connectivity index (χ1) is 14.7. The van der Waals surface area contributed by atoms with Crippen LogP contribution >= 0.6 is 0 Å². The lowest BCUT2D eigenvalue weighted by molar-refractivity contribution is -0.142. The molecule has 1 rings (SSSR count). The standard InChI is InChI=1S/C25H45N3O4/c1-11-32-24(31)17(4)15-20(16(2)3)28(10)23(30)21(25(6,7)8)26-22(29)19-14-12-13-18(5)27(19)9/h15-16,18-21H,11-14H2,1-10H3,(H,26,29)/t18-,19+,20+,21+/m0/s1. The summed E-state index contributed by atoms with van der Waals surface area (Å²) in [6.45, 7) is 15.8. The topological polar surface area (TPSA) is 79.0 Å². The molecule has 0 aromatic carbocycles. The highest BCUT2D eigenvalue weighted by Crippen LogP contribution is 2.26. The van der Waals surface area contributed by atoms with Crippen LogP contribution in [-0.2, 0) is 19.1 Å². The second-order valence-electron chi connectivity index (χ2n) is 10.5. The molecule has 1 heterocycles. The van der Waals surface area contributed by atoms with Gasteiger partial charge in [-0.3, -0.25) is 14.5 Å². The number of likely N-dealkylation sites (N-methyl/N-ethyl adjacent to an activating group) is 2. The van der Waals surface area contributed by atoms with Crippen LogP contribution in [0.5, 0.6) is 0 Å². The second kappa shape index (κ2) is 11.8. The average Bonchev–Trinajstić information content (AvgIpc) is 2.69. The van der Waals surface area contributed by atoms with Crippen LogP contribution in [0.15, 0.2) is 11.6 Å². The molecule has 0 bridgehead atoms. The van der Waals surface area contributed by atoms with Gasteiger partial charge in [0.05, 0.1) is 18.7 Å². The first-order valence-corrected chi connectivity index (χ1v) is 11.9. The molecule has 2 amide bonds. The van der Waals surface area contributed by atoms with Crippen LogP contribution in [-0.4, -0.2) is 72.5 Å². The quantitative estimate of drug-likeness (QED) is 0.452. The third-order valence-corrected chi connectivity index (χ3v) is 6.48. The normalized spacial score (nSPS) is 22.3. The van der Waals surface area contributed by atoms with Crippen molar-refractivity contribution in [2.75, 3.05) is 20.7 Å². The third-order valence-electron chi connectivity index (χ3n) is 6.48. The van der Waals surface area contributed by atoms with Gasteiger partial charge < -0.3 is 15.0 Å². The summed E-state index contributed by atoms with van der Waals surface area (Å²) in [4.78, 5) is 42.7. The summed E-state index contributed by atoms with van der Waals surface area (Å²) in [6.07, 6.45) is 4.67. The largest absolute Gasteiger partial charge is 0.463 e. The van der Waals surface area contributed by atoms with E-state index in [2.05, 4.69) is 17.1 Å². The molecule has 4 atom stereocenters. The molecule has 1 fully saturated rings. The monoisotopic (exact) mass is 451 g/mol. The van der Waals surface area contributed by atoms with E-state index in [0.717, 1.165) is 19.3 Å². The van der Waals surface area contributed by atoms with Crippen molar-refractivity contribution in [2.24, 2.45) is 11.3 Å². The molecule has 0 aromatic rings. The molecular formula is C25H45N3O4. The summed E-state index contributed by atoms with van der Waals surface area (Å²) in [5.41, 5.74) is 0.000687. The number of rotatable bonds is 8. The lowest BCUT2D eigenvalue weighted by Gasteiger charge is -2.40. The van der Waals surface area contributed by atoms with E-state index in [1.165, 1.54) is 0 Å². The van der Waals surface area contributed by atoms with Gasteiger partial charge in [0.2, 0.25) is 11.8 Å². The minimum atomic E-state index is -0.678. The van der Waals surface area contributed by atoms with Gasteiger partial charge in [-0.2, -0.15) is 0 Å². The third kappa shape index (κ3) is 7.32. The Kier molecular flexibility index (Phi) is 10.4. The van der Waals surface area contributed by atoms with Gasteiger partial charge in [0.1, 0.15) is 6.04 Å². The van der Waals surface area contributed by atoms with Crippen molar-refractivity contribution in [3.05, 3.63) is 11.6 Å². The van der Waals surface area contributed by atoms with E-state index in [1.54, 1.807) is 31.9 Å². The van der Waals surface area contributed by atoms with Crippen LogP contribution in [0.2, 0.25) is 0 Å². The molecule has 0 saturated carbocycles. The predicted molar refractivity (Wildman–Crippen MR) is 128 cm³/mol. The van der Waals surface area contributed by atoms with Crippen LogP contribution in [0.1, 0.15) is 74.7 Å². The smallest absolute Gasteiger partial charge is 0.333 e. The first-order valence-electron chi connectivity index (χ1n) is 11.9. The van der Waals surface area contributed by atoms with E-state index < -0.39 is 11.5 Å². The number of piperidine rings is 1. The Balaban J connectivity index is 3.12. The molecular weight excluding hydrogens is 406 g/mol. The summed E-state index contributed by atoms with van der Waals surface area (Å²) < 4.78 is 5.09. The molecule has 184 valence electrons. The molecule has 1 saturated heterocycles. The number of hydrogen-bond acceptors (Lipinski definition) is 5. The zero-order valence-electron chi connectivity index (χ0n) is 21.8. The van der Waals surface area contributed by atoms with Crippen LogP contribution in [0.4, 0.5) is 0 Å². The summed E-state index contributed by atoms with van der Waals surface area (Å²) in [5, 5.41) is 3.06. The minimum Gasteiger partial charge on any atom is -0.463 e. The van der Waals surface area contributed by atoms with Crippen LogP contribution < -0.4 is 5.32 Å². The molecule has 1 aliphatic rings. The van der Waals surface area contributed by atoms with Crippen molar-refractivity contribution in [1.29, 1.82) is 0 Å². The molecule has 32 heavy (non-hydrogen) atoms. The highest BCUT2D eigenvalue weighted by molar-refractivity contribution is 5.91. The van der Waals surface area contributed by atoms with Crippen molar-refractivity contribution < 1.29 is 19.1 Å². The zero-order chi connectivity index (χ0) is 24.8. The SMILES string of the molecule is CCOC(=O)C(C)=C[C@H](C(C)C)N(C)C(=O)[C@@H](NC(=O)[C@H]1CCC[C@H](C)N1C)C(C)(C)C. The van der Waals surface area contributed by atoms with Crippen molar-refractivity contribution in [3.8, 4) is 0 Å². The number of likely N-dealkylation sites (tertiary alicyclic amines) is 1. The number of ether oxygens (including phenoxy) is 1. The molecule has 1 N–H and O–H groups in total. The lowest BCUT2D eigenvalue weighted by Crippen LogP contribution is -2.60. The van der Waals surface area contributed by atoms with Gasteiger partial charge in [0.25, 0.3) is 0 Å². The molecule has 7 heteroatoms. The predicted octanol–water partition coefficient (Wildman–Crippen LogP) is 3.38. The summed E-state index contributed by atoms with van der Waals surface area (Å²) in [7, 11) is 3.72. The Morgan fingerprint density at radius 2 is 1.81 bits per heavy atom. The highest BCUT2D eigenvalue weighted by atomic mass is 16.5. The number of carbonyl (C=O) groups is 3. The number of nitrogens with one attached hydrogen (secondary N) is 1. The Hall–Kier alpha value is -1.89. The van der Waals surface area contributed by atoms with Crippen LogP contribution in [0, 0.1) is 11.3 Å². The number of nitrogens with zero attached hydrogens (tertiary/aromatic N) is 2. The second-order valence-corrected chi connectivity index (χ2v) is 10.5. The average molecular weight is 452 g/mol. The van der Waals surface area contributed by atoms with Gasteiger partial charge in [0.15, 0.2) is 0 Å². The maximum Gasteiger partial charge on any atom is 0.333 e. The van der Waals surface area contributed by atoms with Crippen LogP contribution in [0.3, 0.4) is 0 Å². The molecule has 0 aliphatic carbocycles. The van der Waals surface area contributed by atoms with Crippen molar-refractivity contribution in [3.63, 3.8) is 0 Å². The van der Waals surface area contributed by atoms with Gasteiger partial charge in [-0.25, -0.2) is 4.79 Å². The summed E-state index contributed by atoms with van der Waals surface area (Å²) in [6, 6.07) is -0.866. The van der Waals surface area contributed by atoms with E-state index in [0.29, 0.717) is 18.2 Å². The van der Waals surface area contributed by atoms with E-state index in [-0.39, 0.29) is 35.8 Å². The van der Waals surface area contributed by atoms with Crippen molar-refractivity contribution in [1.82, 2.24) is 15.1 Å². The van der Waals surface area contributed by atoms with E-state index in [1.807, 2.05) is 41.7 Å². The van der Waals surface area contributed by atoms with Gasteiger partial charge in [-0.1, -0.05) is 40.7 Å². The lowest BCUT2D eigenvalue weighted by atomic mass is 9.84. The number of esters is 1. The maximum atomic E-state index is 13.6. The minimum absolute atomic E-state index is 0.0787. The van der Waals surface area contributed by atoms with E-state index >= 15 is 0 Å². The molecule has 0 radical (unpaired) electrons. The molecule has 1 aliphatic heterocycles. The molecule has 0 unspecified atom stereocenters. The fourth-order valence-electron chi connectivity index (χ4n) is 4.20. The highest BCUT2D eigenvalue weighted by Gasteiger charge is 2.39. The number of hydrogen-bond donors (Lipinski definition) is 1. The fraction of sp³-hybridized carbons (Fsp3) is 0.800. The van der Waals surface area contributed by atoms with Crippen molar-refractivity contribution >= 4 is 17.8 Å². The van der Waals surface area contributed by atoms with Crippen molar-refractivity contribution in [2.45, 2.75) is 98.8 Å². The van der Waals surface area contributed by atoms with Gasteiger partial charge in [0, 0.05) is 18.7 Å². The van der Waals surface area contributed by atoms with Crippen LogP contribution in [0.25, 0.3) is 0 Å². The number of carbonyl (C=O) groups excluding carboxylic acids is 3. The Morgan fingerprint density at radius 1 is 1.22 bits per heavy atom. The molecule has 7 nitrogen and oxygen atoms in total. The Bertz CT molecular complexity index is 696. The van der Waals surface area contributed by atoms with E-state index in [9.17, 15) is 14.4 Å². The summed E-state index contributed by atoms with van der Waals surface area (Å²) in [5.74, 6) is -0.562.